The van der Waals surface area contributed by atoms with Crippen LogP contribution in [0.5, 0.6) is 0 Å². The molecule has 0 aliphatic rings. The van der Waals surface area contributed by atoms with Crippen LogP contribution in [0.2, 0.25) is 38.3 Å². The summed E-state index contributed by atoms with van der Waals surface area (Å²) in [5.41, 5.74) is 3.53. The van der Waals surface area contributed by atoms with Gasteiger partial charge in [0.2, 0.25) is 0 Å². The molecule has 0 saturated heterocycles. The minimum Gasteiger partial charge on any atom is -0.184 e. The summed E-state index contributed by atoms with van der Waals surface area (Å²) in [4.78, 5) is 0. The van der Waals surface area contributed by atoms with Crippen LogP contribution in [0.4, 0.5) is 0 Å². The molecule has 0 spiro atoms. The summed E-state index contributed by atoms with van der Waals surface area (Å²) in [5, 5.41) is 0. The molecular formula is C27H35LiSi2. The maximum Gasteiger partial charge on any atom is 1.00 e. The van der Waals surface area contributed by atoms with Crippen molar-refractivity contribution in [1.82, 2.24) is 0 Å². The van der Waals surface area contributed by atoms with Crippen molar-refractivity contribution in [2.24, 2.45) is 0 Å². The van der Waals surface area contributed by atoms with Gasteiger partial charge in [0.1, 0.15) is 0 Å². The van der Waals surface area contributed by atoms with Crippen LogP contribution in [0.25, 0.3) is 0 Å². The average Bonchev–Trinajstić information content (AvgIpc) is 2.70. The van der Waals surface area contributed by atoms with Gasteiger partial charge in [-0.15, -0.1) is 11.8 Å². The molecule has 0 nitrogen and oxygen atoms in total. The molecule has 0 unspecified atom stereocenters. The van der Waals surface area contributed by atoms with Crippen LogP contribution in [0.1, 0.15) is 16.7 Å². The fourth-order valence-corrected chi connectivity index (χ4v) is 2.84. The minimum atomic E-state index is -0.495. The molecule has 2 aromatic carbocycles. The van der Waals surface area contributed by atoms with E-state index in [0.29, 0.717) is 0 Å². The third-order valence-corrected chi connectivity index (χ3v) is 5.46. The zero-order chi connectivity index (χ0) is 21.9. The molecule has 0 amide bonds. The molecule has 30 heavy (non-hydrogen) atoms. The first-order chi connectivity index (χ1) is 13.9. The fourth-order valence-electron chi connectivity index (χ4n) is 1.82. The Bertz CT molecular complexity index is 808. The van der Waals surface area contributed by atoms with Crippen molar-refractivity contribution in [3.8, 4) is 23.7 Å². The van der Waals surface area contributed by atoms with Gasteiger partial charge >= 0.3 is 18.9 Å². The smallest absolute Gasteiger partial charge is 0.184 e. The van der Waals surface area contributed by atoms with Crippen molar-refractivity contribution in [2.75, 3.05) is 0 Å². The van der Waals surface area contributed by atoms with Crippen LogP contribution in [0.15, 0.2) is 73.8 Å². The number of hydrogen-bond donors (Lipinski definition) is 0. The van der Waals surface area contributed by atoms with E-state index in [1.165, 1.54) is 5.56 Å². The molecule has 0 saturated carbocycles. The van der Waals surface area contributed by atoms with Crippen molar-refractivity contribution in [3.05, 3.63) is 96.6 Å². The Labute approximate surface area is 201 Å². The first kappa shape index (κ1) is 30.3. The Balaban J connectivity index is 0. The average molecular weight is 423 g/mol. The molecule has 0 heterocycles. The quantitative estimate of drug-likeness (QED) is 0.307. The summed E-state index contributed by atoms with van der Waals surface area (Å²) in [7, 11) is -0.988. The maximum absolute atomic E-state index is 3.36. The largest absolute Gasteiger partial charge is 1.00 e. The molecule has 0 N–H and O–H groups in total. The summed E-state index contributed by atoms with van der Waals surface area (Å²) < 4.78 is 0. The summed E-state index contributed by atoms with van der Waals surface area (Å²) in [6.45, 7) is 18.1. The topological polar surface area (TPSA) is 0 Å². The second-order valence-electron chi connectivity index (χ2n) is 7.43. The predicted molar refractivity (Wildman–Crippen MR) is 138 cm³/mol. The predicted octanol–water partition coefficient (Wildman–Crippen LogP) is 3.52. The van der Waals surface area contributed by atoms with Crippen LogP contribution in [-0.4, -0.2) is 17.6 Å². The molecule has 0 bridgehead atoms. The third kappa shape index (κ3) is 19.4. The number of rotatable bonds is 3. The number of allylic oxidation sites excluding steroid dienone is 2. The van der Waals surface area contributed by atoms with E-state index in [-0.39, 0.29) is 18.9 Å². The zero-order valence-electron chi connectivity index (χ0n) is 19.8. The van der Waals surface area contributed by atoms with Gasteiger partial charge in [0.25, 0.3) is 0 Å². The van der Waals surface area contributed by atoms with E-state index in [9.17, 15) is 0 Å². The Kier molecular flexibility index (Phi) is 20.5. The molecule has 0 atom stereocenters. The van der Waals surface area contributed by atoms with Crippen LogP contribution >= 0.6 is 0 Å². The number of benzene rings is 2. The first-order valence-electron chi connectivity index (χ1n) is 10.1. The van der Waals surface area contributed by atoms with E-state index in [4.69, 9.17) is 0 Å². The monoisotopic (exact) mass is 422 g/mol. The van der Waals surface area contributed by atoms with Crippen molar-refractivity contribution < 1.29 is 18.9 Å². The number of aryl methyl sites for hydroxylation is 1. The van der Waals surface area contributed by atoms with E-state index in [0.717, 1.165) is 23.2 Å². The zero-order valence-corrected chi connectivity index (χ0v) is 22.1. The molecule has 152 valence electrons. The van der Waals surface area contributed by atoms with Gasteiger partial charge in [-0.1, -0.05) is 86.6 Å². The van der Waals surface area contributed by atoms with Gasteiger partial charge in [-0.2, -0.15) is 30.3 Å². The Morgan fingerprint density at radius 2 is 1.17 bits per heavy atom. The molecule has 2 aromatic rings. The van der Waals surface area contributed by atoms with E-state index in [1.54, 1.807) is 12.2 Å². The van der Waals surface area contributed by atoms with Crippen molar-refractivity contribution in [1.29, 1.82) is 0 Å². The summed E-state index contributed by atoms with van der Waals surface area (Å²) >= 11 is 0. The normalized spacial score (nSPS) is 8.50. The van der Waals surface area contributed by atoms with Gasteiger partial charge < -0.3 is 0 Å². The summed E-state index contributed by atoms with van der Waals surface area (Å²) in [5.74, 6) is 12.8. The molecular weight excluding hydrogens is 387 g/mol. The van der Waals surface area contributed by atoms with E-state index in [1.807, 2.05) is 24.3 Å². The van der Waals surface area contributed by atoms with E-state index in [2.05, 4.69) is 100 Å². The van der Waals surface area contributed by atoms with Gasteiger partial charge in [-0.05, 0) is 19.1 Å². The number of hydrogen-bond acceptors (Lipinski definition) is 0. The second-order valence-corrected chi connectivity index (χ2v) is 13.8. The van der Waals surface area contributed by atoms with Crippen molar-refractivity contribution in [2.45, 2.75) is 45.2 Å². The third-order valence-electron chi connectivity index (χ3n) is 3.42. The van der Waals surface area contributed by atoms with Crippen molar-refractivity contribution >= 4 is 17.6 Å². The van der Waals surface area contributed by atoms with E-state index >= 15 is 0 Å². The first-order valence-corrected chi connectivity index (χ1v) is 16.4. The molecule has 0 aliphatic heterocycles. The van der Waals surface area contributed by atoms with Gasteiger partial charge in [0.05, 0.1) is 0 Å². The summed E-state index contributed by atoms with van der Waals surface area (Å²) in [6.07, 6.45) is 3.28. The maximum atomic E-state index is 3.36. The molecule has 2 rings (SSSR count). The fraction of sp³-hybridized carbons (Fsp3) is 0.259. The Hall–Kier alpha value is -1.93. The summed E-state index contributed by atoms with van der Waals surface area (Å²) in [6, 6.07) is 21.4. The Morgan fingerprint density at radius 1 is 0.767 bits per heavy atom. The van der Waals surface area contributed by atoms with Crippen LogP contribution < -0.4 is 18.9 Å². The van der Waals surface area contributed by atoms with Gasteiger partial charge in [0, 0.05) is 35.2 Å². The molecule has 0 aromatic heterocycles. The molecule has 0 fully saturated rings. The van der Waals surface area contributed by atoms with Crippen molar-refractivity contribution in [3.63, 3.8) is 0 Å². The minimum absolute atomic E-state index is 0. The van der Waals surface area contributed by atoms with E-state index < -0.39 is 17.6 Å². The van der Waals surface area contributed by atoms with Crippen LogP contribution in [0, 0.1) is 36.7 Å². The van der Waals surface area contributed by atoms with Crippen LogP contribution in [-0.2, 0) is 0 Å². The van der Waals surface area contributed by atoms with Crippen LogP contribution in [0.3, 0.4) is 0 Å². The molecule has 0 aliphatic carbocycles. The molecule has 3 heteroatoms. The van der Waals surface area contributed by atoms with Gasteiger partial charge in [0.15, 0.2) is 0 Å². The second kappa shape index (κ2) is 20.3. The van der Waals surface area contributed by atoms with Gasteiger partial charge in [-0.3, -0.25) is 0 Å². The standard InChI is InChI=1S/C12H16Si.C11H13Si.C4H6.Li/c1-11-6-8-12(9-7-11)5-4-10-13(2)3;1-12(2)10-6-9-11-7-4-3-5-8-11;1-3-4-2;/h6-9,13H,10H2,1-3H3;4-5,7-8,12H,10H2,1-2H3;3-4H,1-2H2;/q;-1;;+1. The SMILES string of the molecule is C=CC=C.C[SiH](C)CC#Cc1cc[c-]cc1.Cc1ccc(C#CC[SiH](C)C)cc1.[Li+]. The van der Waals surface area contributed by atoms with Gasteiger partial charge in [-0.25, -0.2) is 0 Å². The molecule has 0 radical (unpaired) electrons. The Morgan fingerprint density at radius 3 is 1.53 bits per heavy atom.